The maximum atomic E-state index is 11.9. The van der Waals surface area contributed by atoms with Gasteiger partial charge in [-0.25, -0.2) is 0 Å². The number of carbonyl (C=O) groups excluding carboxylic acids is 1. The molecule has 0 bridgehead atoms. The van der Waals surface area contributed by atoms with Crippen LogP contribution in [0.3, 0.4) is 0 Å². The highest BCUT2D eigenvalue weighted by molar-refractivity contribution is 5.85. The van der Waals surface area contributed by atoms with Crippen molar-refractivity contribution in [1.82, 2.24) is 10.2 Å². The molecule has 1 saturated heterocycles. The molecule has 2 aliphatic rings. The van der Waals surface area contributed by atoms with Crippen LogP contribution in [0.2, 0.25) is 0 Å². The molecule has 1 amide bonds. The summed E-state index contributed by atoms with van der Waals surface area (Å²) >= 11 is 0. The summed E-state index contributed by atoms with van der Waals surface area (Å²) in [5.74, 6) is 0.0444. The summed E-state index contributed by atoms with van der Waals surface area (Å²) < 4.78 is 0. The lowest BCUT2D eigenvalue weighted by Crippen LogP contribution is -2.51. The van der Waals surface area contributed by atoms with Gasteiger partial charge in [-0.15, -0.1) is 12.4 Å². The van der Waals surface area contributed by atoms with Gasteiger partial charge in [-0.3, -0.25) is 4.79 Å². The molecule has 0 aromatic heterocycles. The van der Waals surface area contributed by atoms with E-state index >= 15 is 0 Å². The molecule has 1 atom stereocenters. The third-order valence-corrected chi connectivity index (χ3v) is 4.90. The van der Waals surface area contributed by atoms with Gasteiger partial charge in [-0.2, -0.15) is 0 Å². The van der Waals surface area contributed by atoms with Gasteiger partial charge in [0.1, 0.15) is 0 Å². The molecule has 1 aliphatic carbocycles. The molecule has 3 N–H and O–H groups in total. The van der Waals surface area contributed by atoms with Gasteiger partial charge >= 0.3 is 0 Å². The number of hydrogen-bond donors (Lipinski definition) is 2. The van der Waals surface area contributed by atoms with Crippen LogP contribution in [0, 0.1) is 0 Å². The Kier molecular flexibility index (Phi) is 8.60. The molecular weight excluding hydrogens is 286 g/mol. The minimum atomic E-state index is -0.323. The third-order valence-electron chi connectivity index (χ3n) is 4.90. The average molecular weight is 318 g/mol. The lowest BCUT2D eigenvalue weighted by Gasteiger charge is -2.39. The van der Waals surface area contributed by atoms with Gasteiger partial charge in [-0.05, 0) is 32.1 Å². The zero-order chi connectivity index (χ0) is 14.4. The molecule has 1 saturated carbocycles. The molecule has 0 spiro atoms. The molecule has 0 aromatic rings. The van der Waals surface area contributed by atoms with Crippen LogP contribution in [-0.2, 0) is 4.79 Å². The number of amides is 1. The largest absolute Gasteiger partial charge is 0.352 e. The molecule has 0 radical (unpaired) electrons. The minimum Gasteiger partial charge on any atom is -0.352 e. The number of nitrogens with one attached hydrogen (secondary N) is 1. The average Bonchev–Trinajstić information content (AvgIpc) is 2.49. The maximum Gasteiger partial charge on any atom is 0.237 e. The Labute approximate surface area is 135 Å². The summed E-state index contributed by atoms with van der Waals surface area (Å²) in [6.45, 7) is 4.34. The van der Waals surface area contributed by atoms with Crippen molar-refractivity contribution < 1.29 is 4.79 Å². The van der Waals surface area contributed by atoms with Crippen molar-refractivity contribution in [2.45, 2.75) is 82.8 Å². The summed E-state index contributed by atoms with van der Waals surface area (Å²) in [6, 6.07) is 0.823. The van der Waals surface area contributed by atoms with Crippen molar-refractivity contribution in [1.29, 1.82) is 0 Å². The van der Waals surface area contributed by atoms with Crippen LogP contribution < -0.4 is 11.1 Å². The Morgan fingerprint density at radius 2 is 1.81 bits per heavy atom. The number of rotatable bonds is 5. The molecule has 5 heteroatoms. The molecule has 2 rings (SSSR count). The van der Waals surface area contributed by atoms with E-state index in [9.17, 15) is 4.79 Å². The summed E-state index contributed by atoms with van der Waals surface area (Å²) in [5.41, 5.74) is 5.87. The summed E-state index contributed by atoms with van der Waals surface area (Å²) in [5, 5.41) is 3.14. The highest BCUT2D eigenvalue weighted by Crippen LogP contribution is 2.25. The summed E-state index contributed by atoms with van der Waals surface area (Å²) in [4.78, 5) is 14.6. The van der Waals surface area contributed by atoms with E-state index in [4.69, 9.17) is 5.73 Å². The van der Waals surface area contributed by atoms with E-state index in [1.54, 1.807) is 0 Å². The van der Waals surface area contributed by atoms with Gasteiger partial charge in [0.25, 0.3) is 0 Å². The lowest BCUT2D eigenvalue weighted by molar-refractivity contribution is -0.123. The second-order valence-corrected chi connectivity index (χ2v) is 6.51. The molecule has 2 fully saturated rings. The van der Waals surface area contributed by atoms with Crippen molar-refractivity contribution >= 4 is 18.3 Å². The first-order valence-electron chi connectivity index (χ1n) is 8.50. The molecule has 1 aliphatic heterocycles. The van der Waals surface area contributed by atoms with Crippen LogP contribution in [0.15, 0.2) is 0 Å². The van der Waals surface area contributed by atoms with Gasteiger partial charge in [-0.1, -0.05) is 32.6 Å². The first-order chi connectivity index (χ1) is 9.70. The fourth-order valence-corrected chi connectivity index (χ4v) is 3.61. The molecule has 1 unspecified atom stereocenters. The Morgan fingerprint density at radius 3 is 2.38 bits per heavy atom. The number of piperidine rings is 1. The molecule has 21 heavy (non-hydrogen) atoms. The molecule has 124 valence electrons. The van der Waals surface area contributed by atoms with E-state index in [0.717, 1.165) is 44.8 Å². The summed E-state index contributed by atoms with van der Waals surface area (Å²) in [7, 11) is 0. The van der Waals surface area contributed by atoms with Crippen molar-refractivity contribution in [3.8, 4) is 0 Å². The maximum absolute atomic E-state index is 11.9. The van der Waals surface area contributed by atoms with Gasteiger partial charge in [0, 0.05) is 25.2 Å². The Hall–Kier alpha value is -0.320. The number of hydrogen-bond acceptors (Lipinski definition) is 3. The number of nitrogens with two attached hydrogens (primary N) is 1. The SMILES string of the molecule is CCCC(N)C(=O)NC1CCN(C2CCCCC2)CC1.Cl. The van der Waals surface area contributed by atoms with Crippen LogP contribution in [-0.4, -0.2) is 42.0 Å². The monoisotopic (exact) mass is 317 g/mol. The zero-order valence-electron chi connectivity index (χ0n) is 13.4. The van der Waals surface area contributed by atoms with Crippen LogP contribution >= 0.6 is 12.4 Å². The topological polar surface area (TPSA) is 58.4 Å². The smallest absolute Gasteiger partial charge is 0.237 e. The highest BCUT2D eigenvalue weighted by atomic mass is 35.5. The predicted octanol–water partition coefficient (Wildman–Crippen LogP) is 2.45. The molecule has 0 aromatic carbocycles. The van der Waals surface area contributed by atoms with E-state index in [-0.39, 0.29) is 24.4 Å². The number of halogens is 1. The van der Waals surface area contributed by atoms with Gasteiger partial charge in [0.2, 0.25) is 5.91 Å². The summed E-state index contributed by atoms with van der Waals surface area (Å²) in [6.07, 6.45) is 10.9. The normalized spacial score (nSPS) is 23.3. The minimum absolute atomic E-state index is 0. The van der Waals surface area contributed by atoms with Crippen LogP contribution in [0.25, 0.3) is 0 Å². The first-order valence-corrected chi connectivity index (χ1v) is 8.50. The molecule has 1 heterocycles. The van der Waals surface area contributed by atoms with E-state index in [0.29, 0.717) is 6.04 Å². The Morgan fingerprint density at radius 1 is 1.19 bits per heavy atom. The third kappa shape index (κ3) is 5.76. The van der Waals surface area contributed by atoms with Crippen LogP contribution in [0.5, 0.6) is 0 Å². The van der Waals surface area contributed by atoms with Crippen molar-refractivity contribution in [3.63, 3.8) is 0 Å². The van der Waals surface area contributed by atoms with Gasteiger partial charge < -0.3 is 16.0 Å². The van der Waals surface area contributed by atoms with E-state index in [1.807, 2.05) is 0 Å². The van der Waals surface area contributed by atoms with Crippen molar-refractivity contribution in [2.75, 3.05) is 13.1 Å². The molecular formula is C16H32ClN3O. The van der Waals surface area contributed by atoms with Gasteiger partial charge in [0.15, 0.2) is 0 Å². The predicted molar refractivity (Wildman–Crippen MR) is 89.7 cm³/mol. The number of likely N-dealkylation sites (tertiary alicyclic amines) is 1. The Balaban J connectivity index is 0.00000220. The van der Waals surface area contributed by atoms with Crippen molar-refractivity contribution in [2.24, 2.45) is 5.73 Å². The van der Waals surface area contributed by atoms with E-state index < -0.39 is 0 Å². The Bertz CT molecular complexity index is 300. The quantitative estimate of drug-likeness (QED) is 0.819. The standard InChI is InChI=1S/C16H31N3O.ClH/c1-2-6-15(17)16(20)18-13-9-11-19(12-10-13)14-7-4-3-5-8-14;/h13-15H,2-12,17H2,1H3,(H,18,20);1H. The fourth-order valence-electron chi connectivity index (χ4n) is 3.61. The van der Waals surface area contributed by atoms with Crippen molar-refractivity contribution in [3.05, 3.63) is 0 Å². The zero-order valence-corrected chi connectivity index (χ0v) is 14.2. The van der Waals surface area contributed by atoms with Crippen LogP contribution in [0.4, 0.5) is 0 Å². The lowest BCUT2D eigenvalue weighted by atomic mass is 9.92. The second-order valence-electron chi connectivity index (χ2n) is 6.51. The highest BCUT2D eigenvalue weighted by Gasteiger charge is 2.27. The van der Waals surface area contributed by atoms with Crippen LogP contribution in [0.1, 0.15) is 64.7 Å². The number of carbonyl (C=O) groups is 1. The van der Waals surface area contributed by atoms with E-state index in [1.165, 1.54) is 32.1 Å². The fraction of sp³-hybridized carbons (Fsp3) is 0.938. The molecule has 4 nitrogen and oxygen atoms in total. The van der Waals surface area contributed by atoms with E-state index in [2.05, 4.69) is 17.1 Å². The first kappa shape index (κ1) is 18.7. The second kappa shape index (κ2) is 9.65. The number of nitrogens with zero attached hydrogens (tertiary/aromatic N) is 1. The van der Waals surface area contributed by atoms with Gasteiger partial charge in [0.05, 0.1) is 6.04 Å².